The molecule has 2 unspecified atom stereocenters. The highest BCUT2D eigenvalue weighted by Gasteiger charge is 2.25. The van der Waals surface area contributed by atoms with Crippen molar-refractivity contribution in [1.82, 2.24) is 0 Å². The maximum absolute atomic E-state index is 10.2. The van der Waals surface area contributed by atoms with E-state index in [9.17, 15) is 5.11 Å². The number of hydrogen-bond donors (Lipinski definition) is 1. The van der Waals surface area contributed by atoms with E-state index in [-0.39, 0.29) is 6.10 Å². The molecule has 1 heterocycles. The van der Waals surface area contributed by atoms with Crippen molar-refractivity contribution in [3.63, 3.8) is 0 Å². The highest BCUT2D eigenvalue weighted by atomic mass is 32.2. The summed E-state index contributed by atoms with van der Waals surface area (Å²) in [6, 6.07) is 12.6. The standard InChI is InChI=1S/C14H14OS/c1-9-14(15)12-7-6-10-4-2-3-5-11(10)13(12)8-16-9/h2-7,9,14-15H,8H2,1H3. The van der Waals surface area contributed by atoms with Gasteiger partial charge in [-0.3, -0.25) is 0 Å². The zero-order valence-electron chi connectivity index (χ0n) is 9.18. The molecule has 2 aromatic rings. The summed E-state index contributed by atoms with van der Waals surface area (Å²) in [5, 5.41) is 13.0. The van der Waals surface area contributed by atoms with Crippen molar-refractivity contribution in [3.05, 3.63) is 47.5 Å². The first-order valence-electron chi connectivity index (χ1n) is 5.57. The number of fused-ring (bicyclic) bond motifs is 3. The summed E-state index contributed by atoms with van der Waals surface area (Å²) >= 11 is 1.83. The van der Waals surface area contributed by atoms with Gasteiger partial charge in [0.2, 0.25) is 0 Å². The molecule has 0 amide bonds. The van der Waals surface area contributed by atoms with E-state index in [4.69, 9.17) is 0 Å². The molecule has 82 valence electrons. The molecular formula is C14H14OS. The topological polar surface area (TPSA) is 20.2 Å². The fourth-order valence-electron chi connectivity index (χ4n) is 2.35. The van der Waals surface area contributed by atoms with Crippen molar-refractivity contribution in [1.29, 1.82) is 0 Å². The average molecular weight is 230 g/mol. The highest BCUT2D eigenvalue weighted by Crippen LogP contribution is 2.40. The van der Waals surface area contributed by atoms with Gasteiger partial charge in [0.25, 0.3) is 0 Å². The molecule has 0 spiro atoms. The Hall–Kier alpha value is -0.990. The normalized spacial score (nSPS) is 24.4. The lowest BCUT2D eigenvalue weighted by Gasteiger charge is -2.28. The molecule has 0 radical (unpaired) electrons. The molecule has 16 heavy (non-hydrogen) atoms. The maximum atomic E-state index is 10.2. The molecule has 1 aliphatic rings. The van der Waals surface area contributed by atoms with Crippen molar-refractivity contribution in [3.8, 4) is 0 Å². The summed E-state index contributed by atoms with van der Waals surface area (Å²) in [7, 11) is 0. The first-order valence-corrected chi connectivity index (χ1v) is 6.62. The van der Waals surface area contributed by atoms with Crippen LogP contribution in [0.4, 0.5) is 0 Å². The van der Waals surface area contributed by atoms with Crippen LogP contribution >= 0.6 is 11.8 Å². The van der Waals surface area contributed by atoms with Gasteiger partial charge in [-0.15, -0.1) is 0 Å². The van der Waals surface area contributed by atoms with E-state index in [0.29, 0.717) is 5.25 Å². The molecule has 1 N–H and O–H groups in total. The summed E-state index contributed by atoms with van der Waals surface area (Å²) in [5.41, 5.74) is 2.43. The van der Waals surface area contributed by atoms with Gasteiger partial charge < -0.3 is 5.11 Å². The molecule has 0 aromatic heterocycles. The molecule has 2 aromatic carbocycles. The number of aliphatic hydroxyl groups excluding tert-OH is 1. The third-order valence-electron chi connectivity index (χ3n) is 3.33. The number of benzene rings is 2. The van der Waals surface area contributed by atoms with E-state index in [1.807, 2.05) is 11.8 Å². The Labute approximate surface area is 99.5 Å². The molecule has 2 heteroatoms. The van der Waals surface area contributed by atoms with Crippen LogP contribution in [-0.4, -0.2) is 10.4 Å². The Morgan fingerprint density at radius 2 is 2.00 bits per heavy atom. The van der Waals surface area contributed by atoms with Crippen LogP contribution in [0.15, 0.2) is 36.4 Å². The molecule has 1 nitrogen and oxygen atoms in total. The van der Waals surface area contributed by atoms with Crippen LogP contribution in [-0.2, 0) is 5.75 Å². The second-order valence-corrected chi connectivity index (χ2v) is 5.68. The lowest BCUT2D eigenvalue weighted by Crippen LogP contribution is -2.18. The van der Waals surface area contributed by atoms with Gasteiger partial charge in [0.05, 0.1) is 6.10 Å². The number of rotatable bonds is 0. The minimum absolute atomic E-state index is 0.300. The van der Waals surface area contributed by atoms with Crippen LogP contribution < -0.4 is 0 Å². The minimum atomic E-state index is -0.321. The van der Waals surface area contributed by atoms with Crippen molar-refractivity contribution >= 4 is 22.5 Å². The van der Waals surface area contributed by atoms with Gasteiger partial charge in [-0.25, -0.2) is 0 Å². The van der Waals surface area contributed by atoms with Gasteiger partial charge in [-0.1, -0.05) is 43.3 Å². The average Bonchev–Trinajstić information content (AvgIpc) is 2.33. The van der Waals surface area contributed by atoms with Gasteiger partial charge in [0.15, 0.2) is 0 Å². The zero-order valence-corrected chi connectivity index (χ0v) is 10.00. The fraction of sp³-hybridized carbons (Fsp3) is 0.286. The van der Waals surface area contributed by atoms with Crippen LogP contribution in [0.25, 0.3) is 10.8 Å². The molecule has 2 atom stereocenters. The van der Waals surface area contributed by atoms with E-state index in [1.54, 1.807) is 0 Å². The van der Waals surface area contributed by atoms with E-state index in [0.717, 1.165) is 11.3 Å². The number of thioether (sulfide) groups is 1. The Bertz CT molecular complexity index is 535. The van der Waals surface area contributed by atoms with Crippen molar-refractivity contribution < 1.29 is 5.11 Å². The summed E-state index contributed by atoms with van der Waals surface area (Å²) in [6.07, 6.45) is -0.321. The predicted molar refractivity (Wildman–Crippen MR) is 69.7 cm³/mol. The van der Waals surface area contributed by atoms with Crippen molar-refractivity contribution in [2.75, 3.05) is 0 Å². The monoisotopic (exact) mass is 230 g/mol. The first-order chi connectivity index (χ1) is 7.77. The summed E-state index contributed by atoms with van der Waals surface area (Å²) in [5.74, 6) is 1.01. The Morgan fingerprint density at radius 3 is 2.88 bits per heavy atom. The first kappa shape index (κ1) is 10.2. The van der Waals surface area contributed by atoms with Gasteiger partial charge in [-0.2, -0.15) is 11.8 Å². The van der Waals surface area contributed by atoms with Crippen molar-refractivity contribution in [2.45, 2.75) is 24.0 Å². The molecule has 3 rings (SSSR count). The molecule has 1 aliphatic heterocycles. The number of hydrogen-bond acceptors (Lipinski definition) is 2. The molecule has 0 fully saturated rings. The van der Waals surface area contributed by atoms with Gasteiger partial charge in [-0.05, 0) is 21.9 Å². The van der Waals surface area contributed by atoms with Crippen LogP contribution in [0.2, 0.25) is 0 Å². The second-order valence-electron chi connectivity index (χ2n) is 4.32. The van der Waals surface area contributed by atoms with E-state index < -0.39 is 0 Å². The molecule has 0 saturated carbocycles. The van der Waals surface area contributed by atoms with Gasteiger partial charge in [0, 0.05) is 11.0 Å². The van der Waals surface area contributed by atoms with Crippen LogP contribution in [0.5, 0.6) is 0 Å². The molecule has 0 aliphatic carbocycles. The van der Waals surface area contributed by atoms with E-state index in [2.05, 4.69) is 43.3 Å². The quantitative estimate of drug-likeness (QED) is 0.747. The minimum Gasteiger partial charge on any atom is -0.387 e. The third kappa shape index (κ3) is 1.45. The Morgan fingerprint density at radius 1 is 1.19 bits per heavy atom. The maximum Gasteiger partial charge on any atom is 0.0909 e. The van der Waals surface area contributed by atoms with E-state index >= 15 is 0 Å². The Kier molecular flexibility index (Phi) is 2.41. The smallest absolute Gasteiger partial charge is 0.0909 e. The third-order valence-corrected chi connectivity index (χ3v) is 4.57. The van der Waals surface area contributed by atoms with Gasteiger partial charge in [0.1, 0.15) is 0 Å². The summed E-state index contributed by atoms with van der Waals surface area (Å²) in [4.78, 5) is 0. The lowest BCUT2D eigenvalue weighted by molar-refractivity contribution is 0.177. The van der Waals surface area contributed by atoms with E-state index in [1.165, 1.54) is 16.3 Å². The molecular weight excluding hydrogens is 216 g/mol. The SMILES string of the molecule is CC1SCc2c(ccc3ccccc23)C1O. The highest BCUT2D eigenvalue weighted by molar-refractivity contribution is 7.99. The Balaban J connectivity index is 2.27. The van der Waals surface area contributed by atoms with Crippen LogP contribution in [0.3, 0.4) is 0 Å². The summed E-state index contributed by atoms with van der Waals surface area (Å²) in [6.45, 7) is 2.09. The largest absolute Gasteiger partial charge is 0.387 e. The predicted octanol–water partition coefficient (Wildman–Crippen LogP) is 3.51. The summed E-state index contributed by atoms with van der Waals surface area (Å²) < 4.78 is 0. The molecule has 0 bridgehead atoms. The molecule has 0 saturated heterocycles. The second kappa shape index (κ2) is 3.79. The van der Waals surface area contributed by atoms with Gasteiger partial charge >= 0.3 is 0 Å². The zero-order chi connectivity index (χ0) is 11.1. The fourth-order valence-corrected chi connectivity index (χ4v) is 3.43. The number of aliphatic hydroxyl groups is 1. The van der Waals surface area contributed by atoms with Crippen LogP contribution in [0, 0.1) is 0 Å². The van der Waals surface area contributed by atoms with Crippen LogP contribution in [0.1, 0.15) is 24.2 Å². The lowest BCUT2D eigenvalue weighted by atomic mass is 9.95. The van der Waals surface area contributed by atoms with Crippen molar-refractivity contribution in [2.24, 2.45) is 0 Å².